The zero-order valence-electron chi connectivity index (χ0n) is 20.3. The van der Waals surface area contributed by atoms with Crippen molar-refractivity contribution in [3.05, 3.63) is 66.2 Å². The number of benzene rings is 2. The molecule has 0 spiro atoms. The van der Waals surface area contributed by atoms with Gasteiger partial charge < -0.3 is 19.7 Å². The van der Waals surface area contributed by atoms with Crippen LogP contribution in [-0.2, 0) is 35.3 Å². The molecule has 1 N–H and O–H groups in total. The first kappa shape index (κ1) is 26.1. The molecule has 8 nitrogen and oxygen atoms in total. The molecule has 2 amide bonds. The molecule has 10 heteroatoms. The molecule has 0 aromatic heterocycles. The summed E-state index contributed by atoms with van der Waals surface area (Å²) in [6.07, 6.45) is 0. The minimum absolute atomic E-state index is 0.0156. The fourth-order valence-electron chi connectivity index (χ4n) is 4.37. The number of β-lactam (4-membered cyclic amide) rings is 1. The highest BCUT2D eigenvalue weighted by Crippen LogP contribution is 2.55. The number of thioether (sulfide) groups is 2. The summed E-state index contributed by atoms with van der Waals surface area (Å²) in [5, 5.41) is 1.87. The van der Waals surface area contributed by atoms with Crippen LogP contribution in [0.3, 0.4) is 0 Å². The molecule has 0 saturated carbocycles. The number of esters is 2. The summed E-state index contributed by atoms with van der Waals surface area (Å²) in [6, 6.07) is 17.7. The lowest BCUT2D eigenvalue weighted by atomic mass is 9.84. The summed E-state index contributed by atoms with van der Waals surface area (Å²) in [5.74, 6) is -2.50. The van der Waals surface area contributed by atoms with E-state index in [4.69, 9.17) is 9.47 Å². The number of carbonyl (C=O) groups excluding carboxylic acids is 4. The molecule has 0 aliphatic carbocycles. The van der Waals surface area contributed by atoms with Crippen LogP contribution in [0.5, 0.6) is 0 Å². The molecule has 36 heavy (non-hydrogen) atoms. The van der Waals surface area contributed by atoms with E-state index in [9.17, 15) is 19.2 Å². The van der Waals surface area contributed by atoms with Gasteiger partial charge in [-0.15, -0.1) is 23.5 Å². The lowest BCUT2D eigenvalue weighted by Crippen LogP contribution is -2.83. The number of hydrogen-bond donors (Lipinski definition) is 1. The number of amides is 2. The largest absolute Gasteiger partial charge is 0.464 e. The van der Waals surface area contributed by atoms with Crippen LogP contribution in [0, 0.1) is 0 Å². The summed E-state index contributed by atoms with van der Waals surface area (Å²) in [5.41, 5.74) is -1.06. The van der Waals surface area contributed by atoms with Gasteiger partial charge in [0.25, 0.3) is 5.91 Å². The van der Waals surface area contributed by atoms with Crippen molar-refractivity contribution >= 4 is 47.3 Å². The molecule has 2 aromatic rings. The first-order chi connectivity index (χ1) is 17.2. The molecular weight excluding hydrogens is 500 g/mol. The van der Waals surface area contributed by atoms with Crippen LogP contribution in [0.15, 0.2) is 65.6 Å². The van der Waals surface area contributed by atoms with Crippen LogP contribution in [0.1, 0.15) is 26.3 Å². The lowest BCUT2D eigenvalue weighted by Gasteiger charge is -2.50. The van der Waals surface area contributed by atoms with Crippen molar-refractivity contribution in [2.24, 2.45) is 0 Å². The summed E-state index contributed by atoms with van der Waals surface area (Å²) in [4.78, 5) is 54.9. The van der Waals surface area contributed by atoms with E-state index in [-0.39, 0.29) is 19.0 Å². The predicted octanol–water partition coefficient (Wildman–Crippen LogP) is 3.00. The number of hydrogen-bond acceptors (Lipinski definition) is 8. The van der Waals surface area contributed by atoms with Crippen molar-refractivity contribution in [1.29, 1.82) is 0 Å². The van der Waals surface area contributed by atoms with Crippen molar-refractivity contribution in [2.75, 3.05) is 12.4 Å². The van der Waals surface area contributed by atoms with E-state index in [2.05, 4.69) is 5.32 Å². The minimum atomic E-state index is -1.89. The molecule has 3 atom stereocenters. The molecule has 2 heterocycles. The third kappa shape index (κ3) is 4.84. The van der Waals surface area contributed by atoms with Crippen molar-refractivity contribution in [3.63, 3.8) is 0 Å². The van der Waals surface area contributed by atoms with Gasteiger partial charge in [-0.3, -0.25) is 9.59 Å². The van der Waals surface area contributed by atoms with Gasteiger partial charge in [0.2, 0.25) is 11.4 Å². The summed E-state index contributed by atoms with van der Waals surface area (Å²) in [7, 11) is 0. The monoisotopic (exact) mass is 528 g/mol. The minimum Gasteiger partial charge on any atom is -0.464 e. The maximum atomic E-state index is 13.6. The SMILES string of the molecule is CCOC(=O)C1(NC(=O)CSc2ccccc2)C(=O)N2[C@@H](C(=O)OCc3ccccc3)C(C)(C)S[C@@H]21. The van der Waals surface area contributed by atoms with E-state index in [0.717, 1.165) is 10.5 Å². The Morgan fingerprint density at radius 1 is 1.03 bits per heavy atom. The van der Waals surface area contributed by atoms with E-state index < -0.39 is 45.5 Å². The highest BCUT2D eigenvalue weighted by molar-refractivity contribution is 8.01. The van der Waals surface area contributed by atoms with E-state index in [0.29, 0.717) is 0 Å². The number of nitrogens with zero attached hydrogens (tertiary/aromatic N) is 1. The fourth-order valence-corrected chi connectivity index (χ4v) is 6.77. The fraction of sp³-hybridized carbons (Fsp3) is 0.385. The highest BCUT2D eigenvalue weighted by Gasteiger charge is 2.76. The third-order valence-corrected chi connectivity index (χ3v) is 8.69. The quantitative estimate of drug-likeness (QED) is 0.229. The van der Waals surface area contributed by atoms with Gasteiger partial charge in [-0.25, -0.2) is 9.59 Å². The van der Waals surface area contributed by atoms with Gasteiger partial charge in [-0.1, -0.05) is 48.5 Å². The normalized spacial score (nSPS) is 23.9. The van der Waals surface area contributed by atoms with Gasteiger partial charge in [0.1, 0.15) is 18.0 Å². The molecule has 1 unspecified atom stereocenters. The van der Waals surface area contributed by atoms with Crippen LogP contribution in [0.25, 0.3) is 0 Å². The predicted molar refractivity (Wildman–Crippen MR) is 137 cm³/mol. The van der Waals surface area contributed by atoms with Crippen LogP contribution in [0.4, 0.5) is 0 Å². The standard InChI is InChI=1S/C26H28N2O6S2/c1-4-33-24(32)26(27-19(29)16-35-18-13-9-6-10-14-18)22(31)28-20(25(2,3)36-23(26)28)21(30)34-15-17-11-7-5-8-12-17/h5-14,20,23H,4,15-16H2,1-3H3,(H,27,29)/t20-,23+,26?/m0/s1. The second-order valence-corrected chi connectivity index (χ2v) is 11.7. The van der Waals surface area contributed by atoms with Crippen LogP contribution >= 0.6 is 23.5 Å². The molecule has 0 radical (unpaired) electrons. The van der Waals surface area contributed by atoms with E-state index in [1.807, 2.05) is 74.5 Å². The third-order valence-electron chi connectivity index (χ3n) is 6.04. The average molecular weight is 529 g/mol. The Morgan fingerprint density at radius 3 is 2.31 bits per heavy atom. The Kier molecular flexibility index (Phi) is 7.65. The zero-order chi connectivity index (χ0) is 25.9. The van der Waals surface area contributed by atoms with Crippen LogP contribution in [0.2, 0.25) is 0 Å². The Hall–Kier alpha value is -2.98. The molecule has 4 rings (SSSR count). The average Bonchev–Trinajstić information content (AvgIpc) is 3.14. The van der Waals surface area contributed by atoms with Crippen molar-refractivity contribution in [3.8, 4) is 0 Å². The number of nitrogens with one attached hydrogen (secondary N) is 1. The summed E-state index contributed by atoms with van der Waals surface area (Å²) in [6.45, 7) is 5.39. The second kappa shape index (κ2) is 10.6. The van der Waals surface area contributed by atoms with E-state index >= 15 is 0 Å². The summed E-state index contributed by atoms with van der Waals surface area (Å²) >= 11 is 2.57. The maximum absolute atomic E-state index is 13.6. The van der Waals surface area contributed by atoms with Crippen molar-refractivity contribution in [2.45, 2.75) is 54.0 Å². The topological polar surface area (TPSA) is 102 Å². The molecular formula is C26H28N2O6S2. The zero-order valence-corrected chi connectivity index (χ0v) is 21.9. The van der Waals surface area contributed by atoms with Gasteiger partial charge in [-0.2, -0.15) is 0 Å². The molecule has 2 aliphatic rings. The van der Waals surface area contributed by atoms with Gasteiger partial charge in [-0.05, 0) is 38.5 Å². The molecule has 2 aliphatic heterocycles. The van der Waals surface area contributed by atoms with Gasteiger partial charge in [0, 0.05) is 9.64 Å². The molecule has 190 valence electrons. The Labute approximate surface area is 218 Å². The molecule has 2 fully saturated rings. The highest BCUT2D eigenvalue weighted by atomic mass is 32.2. The molecule has 2 saturated heterocycles. The number of ether oxygens (including phenoxy) is 2. The van der Waals surface area contributed by atoms with Crippen molar-refractivity contribution in [1.82, 2.24) is 10.2 Å². The van der Waals surface area contributed by atoms with E-state index in [1.54, 1.807) is 6.92 Å². The number of carbonyl (C=O) groups is 4. The van der Waals surface area contributed by atoms with Gasteiger partial charge in [0.05, 0.1) is 12.4 Å². The Balaban J connectivity index is 1.51. The van der Waals surface area contributed by atoms with Gasteiger partial charge in [0.15, 0.2) is 0 Å². The van der Waals surface area contributed by atoms with Crippen molar-refractivity contribution < 1.29 is 28.7 Å². The summed E-state index contributed by atoms with van der Waals surface area (Å²) < 4.78 is 10.0. The van der Waals surface area contributed by atoms with Gasteiger partial charge >= 0.3 is 11.9 Å². The first-order valence-electron chi connectivity index (χ1n) is 11.6. The molecule has 2 aromatic carbocycles. The number of fused-ring (bicyclic) bond motifs is 1. The Bertz CT molecular complexity index is 1140. The van der Waals surface area contributed by atoms with E-state index in [1.165, 1.54) is 28.4 Å². The maximum Gasteiger partial charge on any atom is 0.344 e. The lowest BCUT2D eigenvalue weighted by molar-refractivity contribution is -0.182. The first-order valence-corrected chi connectivity index (χ1v) is 13.4. The second-order valence-electron chi connectivity index (χ2n) is 8.96. The van der Waals surface area contributed by atoms with Crippen LogP contribution in [-0.4, -0.2) is 62.7 Å². The number of rotatable bonds is 9. The smallest absolute Gasteiger partial charge is 0.344 e. The van der Waals surface area contributed by atoms with Crippen LogP contribution < -0.4 is 5.32 Å². The molecule has 0 bridgehead atoms. The Morgan fingerprint density at radius 2 is 1.67 bits per heavy atom.